The number of amides is 1. The second-order valence-electron chi connectivity index (χ2n) is 5.83. The molecule has 0 radical (unpaired) electrons. The summed E-state index contributed by atoms with van der Waals surface area (Å²) in [7, 11) is 0. The number of nitrogens with zero attached hydrogens (tertiary/aromatic N) is 1. The van der Waals surface area contributed by atoms with Crippen molar-refractivity contribution >= 4 is 11.9 Å². The fourth-order valence-electron chi connectivity index (χ4n) is 2.98. The van der Waals surface area contributed by atoms with E-state index in [-0.39, 0.29) is 5.91 Å². The Morgan fingerprint density at radius 3 is 2.62 bits per heavy atom. The van der Waals surface area contributed by atoms with Crippen LogP contribution in [0.5, 0.6) is 0 Å². The van der Waals surface area contributed by atoms with Crippen LogP contribution in [0.3, 0.4) is 0 Å². The second-order valence-corrected chi connectivity index (χ2v) is 5.83. The summed E-state index contributed by atoms with van der Waals surface area (Å²) >= 11 is 0. The third-order valence-electron chi connectivity index (χ3n) is 4.55. The van der Waals surface area contributed by atoms with Crippen molar-refractivity contribution in [1.29, 1.82) is 0 Å². The number of hydrogen-bond acceptors (Lipinski definition) is 3. The molecule has 114 valence electrons. The van der Waals surface area contributed by atoms with Crippen LogP contribution in [-0.2, 0) is 4.79 Å². The van der Waals surface area contributed by atoms with E-state index in [4.69, 9.17) is 0 Å². The molecule has 0 bridgehead atoms. The van der Waals surface area contributed by atoms with Crippen molar-refractivity contribution in [2.24, 2.45) is 5.92 Å². The highest BCUT2D eigenvalue weighted by atomic mass is 16.4. The van der Waals surface area contributed by atoms with E-state index in [2.05, 4.69) is 17.2 Å². The van der Waals surface area contributed by atoms with Crippen molar-refractivity contribution in [2.45, 2.75) is 51.5 Å². The minimum Gasteiger partial charge on any atom is -0.480 e. The molecule has 0 unspecified atom stereocenters. The van der Waals surface area contributed by atoms with Gasteiger partial charge >= 0.3 is 5.97 Å². The molecule has 1 aromatic rings. The molecule has 0 aliphatic heterocycles. The first kappa shape index (κ1) is 15.5. The highest BCUT2D eigenvalue weighted by Gasteiger charge is 2.43. The van der Waals surface area contributed by atoms with Crippen LogP contribution in [-0.4, -0.2) is 27.5 Å². The second kappa shape index (κ2) is 6.24. The number of carboxylic acids is 1. The van der Waals surface area contributed by atoms with Crippen molar-refractivity contribution in [1.82, 2.24) is 10.3 Å². The maximum atomic E-state index is 12.4. The lowest BCUT2D eigenvalue weighted by Crippen LogP contribution is -2.56. The third-order valence-corrected chi connectivity index (χ3v) is 4.55. The molecule has 1 saturated carbocycles. The fraction of sp³-hybridized carbons (Fsp3) is 0.562. The minimum absolute atomic E-state index is 0.349. The Kier molecular flexibility index (Phi) is 4.60. The van der Waals surface area contributed by atoms with Gasteiger partial charge in [-0.2, -0.15) is 0 Å². The van der Waals surface area contributed by atoms with Gasteiger partial charge in [-0.05, 0) is 50.7 Å². The summed E-state index contributed by atoms with van der Waals surface area (Å²) in [6, 6.07) is 3.36. The normalized spacial score (nSPS) is 25.3. The van der Waals surface area contributed by atoms with E-state index in [9.17, 15) is 14.7 Å². The standard InChI is InChI=1S/C16H22N2O3/c1-3-12-6-8-16(9-7-12,15(20)21)18-14(19)13-5-4-10-17-11(13)2/h4-5,10,12H,3,6-9H2,1-2H3,(H,18,19)(H,20,21). The van der Waals surface area contributed by atoms with E-state index in [0.717, 1.165) is 19.3 Å². The average Bonchev–Trinajstić information content (AvgIpc) is 2.48. The van der Waals surface area contributed by atoms with Gasteiger partial charge in [0.1, 0.15) is 5.54 Å². The van der Waals surface area contributed by atoms with Crippen LogP contribution in [0.15, 0.2) is 18.3 Å². The lowest BCUT2D eigenvalue weighted by molar-refractivity contribution is -0.146. The molecule has 5 nitrogen and oxygen atoms in total. The predicted molar refractivity (Wildman–Crippen MR) is 79.1 cm³/mol. The maximum absolute atomic E-state index is 12.4. The monoisotopic (exact) mass is 290 g/mol. The Morgan fingerprint density at radius 1 is 1.43 bits per heavy atom. The Morgan fingerprint density at radius 2 is 2.10 bits per heavy atom. The zero-order valence-electron chi connectivity index (χ0n) is 12.6. The van der Waals surface area contributed by atoms with Gasteiger partial charge in [0.05, 0.1) is 5.56 Å². The highest BCUT2D eigenvalue weighted by molar-refractivity contribution is 5.98. The van der Waals surface area contributed by atoms with Gasteiger partial charge in [-0.25, -0.2) is 4.79 Å². The molecule has 1 aliphatic rings. The largest absolute Gasteiger partial charge is 0.480 e. The number of pyridine rings is 1. The number of rotatable bonds is 4. The molecule has 0 aromatic carbocycles. The molecule has 1 aromatic heterocycles. The number of aliphatic carboxylic acids is 1. The predicted octanol–water partition coefficient (Wildman–Crippen LogP) is 2.54. The quantitative estimate of drug-likeness (QED) is 0.893. The summed E-state index contributed by atoms with van der Waals surface area (Å²) in [4.78, 5) is 28.2. The van der Waals surface area contributed by atoms with Crippen LogP contribution in [0.4, 0.5) is 0 Å². The van der Waals surface area contributed by atoms with Gasteiger partial charge < -0.3 is 10.4 Å². The first-order valence-electron chi connectivity index (χ1n) is 7.46. The van der Waals surface area contributed by atoms with Gasteiger partial charge in [0.2, 0.25) is 0 Å². The van der Waals surface area contributed by atoms with E-state index in [0.29, 0.717) is 30.0 Å². The number of carbonyl (C=O) groups is 2. The van der Waals surface area contributed by atoms with Crippen LogP contribution in [0.25, 0.3) is 0 Å². The van der Waals surface area contributed by atoms with E-state index in [1.54, 1.807) is 25.3 Å². The average molecular weight is 290 g/mol. The van der Waals surface area contributed by atoms with Gasteiger partial charge in [0.15, 0.2) is 0 Å². The molecule has 21 heavy (non-hydrogen) atoms. The van der Waals surface area contributed by atoms with Gasteiger partial charge in [-0.1, -0.05) is 13.3 Å². The zero-order valence-corrected chi connectivity index (χ0v) is 12.6. The smallest absolute Gasteiger partial charge is 0.329 e. The van der Waals surface area contributed by atoms with E-state index >= 15 is 0 Å². The van der Waals surface area contributed by atoms with Crippen molar-refractivity contribution in [3.8, 4) is 0 Å². The van der Waals surface area contributed by atoms with Crippen molar-refractivity contribution < 1.29 is 14.7 Å². The molecule has 0 saturated heterocycles. The number of carbonyl (C=O) groups excluding carboxylic acids is 1. The molecular formula is C16H22N2O3. The van der Waals surface area contributed by atoms with Crippen LogP contribution < -0.4 is 5.32 Å². The summed E-state index contributed by atoms with van der Waals surface area (Å²) < 4.78 is 0. The Labute approximate surface area is 124 Å². The van der Waals surface area contributed by atoms with Crippen LogP contribution >= 0.6 is 0 Å². The molecule has 1 fully saturated rings. The molecule has 1 heterocycles. The van der Waals surface area contributed by atoms with E-state index < -0.39 is 11.5 Å². The summed E-state index contributed by atoms with van der Waals surface area (Å²) in [6.07, 6.45) is 5.35. The molecule has 0 atom stereocenters. The molecule has 0 spiro atoms. The fourth-order valence-corrected chi connectivity index (χ4v) is 2.98. The van der Waals surface area contributed by atoms with Crippen molar-refractivity contribution in [2.75, 3.05) is 0 Å². The third kappa shape index (κ3) is 3.23. The van der Waals surface area contributed by atoms with Gasteiger partial charge in [-0.15, -0.1) is 0 Å². The Hall–Kier alpha value is -1.91. The van der Waals surface area contributed by atoms with Crippen LogP contribution in [0.1, 0.15) is 55.1 Å². The summed E-state index contributed by atoms with van der Waals surface area (Å²) in [5, 5.41) is 12.3. The van der Waals surface area contributed by atoms with Gasteiger partial charge in [0, 0.05) is 11.9 Å². The summed E-state index contributed by atoms with van der Waals surface area (Å²) in [5.41, 5.74) is -0.0843. The number of carboxylic acid groups (broad SMARTS) is 1. The number of nitrogens with one attached hydrogen (secondary N) is 1. The van der Waals surface area contributed by atoms with Gasteiger partial charge in [-0.3, -0.25) is 9.78 Å². The number of aromatic nitrogens is 1. The molecule has 5 heteroatoms. The Bertz CT molecular complexity index is 534. The molecule has 2 rings (SSSR count). The zero-order chi connectivity index (χ0) is 15.5. The minimum atomic E-state index is -1.13. The molecule has 2 N–H and O–H groups in total. The molecule has 1 aliphatic carbocycles. The van der Waals surface area contributed by atoms with Gasteiger partial charge in [0.25, 0.3) is 5.91 Å². The Balaban J connectivity index is 2.16. The molecular weight excluding hydrogens is 268 g/mol. The maximum Gasteiger partial charge on any atom is 0.329 e. The first-order chi connectivity index (χ1) is 9.98. The number of aryl methyl sites for hydroxylation is 1. The SMILES string of the molecule is CCC1CCC(NC(=O)c2cccnc2C)(C(=O)O)CC1. The lowest BCUT2D eigenvalue weighted by Gasteiger charge is -2.37. The highest BCUT2D eigenvalue weighted by Crippen LogP contribution is 2.34. The topological polar surface area (TPSA) is 79.3 Å². The summed E-state index contributed by atoms with van der Waals surface area (Å²) in [5.74, 6) is -0.723. The molecule has 1 amide bonds. The van der Waals surface area contributed by atoms with E-state index in [1.807, 2.05) is 0 Å². The van der Waals surface area contributed by atoms with Crippen LogP contribution in [0.2, 0.25) is 0 Å². The van der Waals surface area contributed by atoms with Crippen molar-refractivity contribution in [3.63, 3.8) is 0 Å². The first-order valence-corrected chi connectivity index (χ1v) is 7.46. The lowest BCUT2D eigenvalue weighted by atomic mass is 9.75. The van der Waals surface area contributed by atoms with E-state index in [1.165, 1.54) is 0 Å². The van der Waals surface area contributed by atoms with Crippen molar-refractivity contribution in [3.05, 3.63) is 29.6 Å². The van der Waals surface area contributed by atoms with Crippen LogP contribution in [0, 0.1) is 12.8 Å². The number of hydrogen-bond donors (Lipinski definition) is 2. The summed E-state index contributed by atoms with van der Waals surface area (Å²) in [6.45, 7) is 3.87.